The van der Waals surface area contributed by atoms with E-state index in [2.05, 4.69) is 19.2 Å². The van der Waals surface area contributed by atoms with E-state index in [-0.39, 0.29) is 19.1 Å². The number of carbonyl (C=O) groups is 1. The van der Waals surface area contributed by atoms with Crippen molar-refractivity contribution in [2.24, 2.45) is 0 Å². The second-order valence-electron chi connectivity index (χ2n) is 20.3. The summed E-state index contributed by atoms with van der Waals surface area (Å²) in [6.45, 7) is 4.63. The zero-order chi connectivity index (χ0) is 45.7. The monoisotopic (exact) mass is 901 g/mol. The smallest absolute Gasteiger partial charge is 0.268 e. The van der Waals surface area contributed by atoms with Crippen LogP contribution in [0.3, 0.4) is 0 Å². The number of amides is 1. The van der Waals surface area contributed by atoms with E-state index in [1.165, 1.54) is 212 Å². The van der Waals surface area contributed by atoms with Crippen molar-refractivity contribution in [2.75, 3.05) is 40.9 Å². The Kier molecular flexibility index (Phi) is 45.3. The third-order valence-electron chi connectivity index (χ3n) is 12.8. The normalized spacial score (nSPS) is 14.0. The van der Waals surface area contributed by atoms with Gasteiger partial charge in [-0.1, -0.05) is 264 Å². The molecule has 0 bridgehead atoms. The lowest BCUT2D eigenvalue weighted by atomic mass is 10.0. The molecule has 0 fully saturated rings. The van der Waals surface area contributed by atoms with E-state index in [1.807, 2.05) is 21.1 Å². The van der Waals surface area contributed by atoms with Gasteiger partial charge in [-0.2, -0.15) is 0 Å². The molecule has 8 nitrogen and oxygen atoms in total. The number of phosphoric ester groups is 1. The van der Waals surface area contributed by atoms with Gasteiger partial charge in [-0.25, -0.2) is 0 Å². The number of hydrogen-bond acceptors (Lipinski definition) is 6. The van der Waals surface area contributed by atoms with Crippen LogP contribution in [0.2, 0.25) is 0 Å². The minimum absolute atomic E-state index is 0.0145. The number of hydrogen-bond donors (Lipinski definition) is 2. The summed E-state index contributed by atoms with van der Waals surface area (Å²) in [7, 11) is 1.31. The Labute approximate surface area is 387 Å². The number of carbonyl (C=O) groups excluding carboxylic acids is 1. The first kappa shape index (κ1) is 61.5. The quantitative estimate of drug-likeness (QED) is 0.0358. The van der Waals surface area contributed by atoms with E-state index in [9.17, 15) is 19.4 Å². The topological polar surface area (TPSA) is 108 Å². The highest BCUT2D eigenvalue weighted by atomic mass is 31.2. The molecule has 0 spiro atoms. The number of aliphatic hydroxyl groups excluding tert-OH is 1. The van der Waals surface area contributed by atoms with Gasteiger partial charge in [-0.05, 0) is 12.8 Å². The summed E-state index contributed by atoms with van der Waals surface area (Å²) >= 11 is 0. The number of nitrogens with one attached hydrogen (secondary N) is 1. The molecule has 372 valence electrons. The van der Waals surface area contributed by atoms with E-state index in [4.69, 9.17) is 9.05 Å². The predicted octanol–water partition coefficient (Wildman–Crippen LogP) is 15.5. The first-order valence-corrected chi connectivity index (χ1v) is 28.8. The molecule has 3 unspecified atom stereocenters. The molecule has 1 amide bonds. The van der Waals surface area contributed by atoms with Crippen molar-refractivity contribution >= 4 is 13.7 Å². The van der Waals surface area contributed by atoms with Gasteiger partial charge in [0.2, 0.25) is 5.91 Å². The first-order chi connectivity index (χ1) is 30.0. The summed E-state index contributed by atoms with van der Waals surface area (Å²) in [5.41, 5.74) is 0. The maximum Gasteiger partial charge on any atom is 0.268 e. The summed E-state index contributed by atoms with van der Waals surface area (Å²) in [5.74, 6) is -0.168. The number of likely N-dealkylation sites (N-methyl/N-ethyl adjacent to an activating group) is 1. The van der Waals surface area contributed by atoms with Gasteiger partial charge in [-0.3, -0.25) is 9.36 Å². The fraction of sp³-hybridized carbons (Fsp3) is 0.981. The number of phosphoric acid groups is 1. The molecule has 0 radical (unpaired) electrons. The van der Waals surface area contributed by atoms with E-state index in [0.717, 1.165) is 44.9 Å². The fourth-order valence-corrected chi connectivity index (χ4v) is 9.24. The van der Waals surface area contributed by atoms with E-state index >= 15 is 0 Å². The van der Waals surface area contributed by atoms with Crippen LogP contribution in [0.15, 0.2) is 0 Å². The van der Waals surface area contributed by atoms with Crippen LogP contribution in [0.25, 0.3) is 0 Å². The van der Waals surface area contributed by atoms with Crippen molar-refractivity contribution in [3.8, 4) is 0 Å². The molecule has 9 heteroatoms. The minimum atomic E-state index is -4.54. The fourth-order valence-electron chi connectivity index (χ4n) is 8.51. The highest BCUT2D eigenvalue weighted by Crippen LogP contribution is 2.38. The highest BCUT2D eigenvalue weighted by Gasteiger charge is 2.24. The molecule has 0 heterocycles. The number of rotatable bonds is 51. The lowest BCUT2D eigenvalue weighted by molar-refractivity contribution is -0.870. The predicted molar refractivity (Wildman–Crippen MR) is 266 cm³/mol. The largest absolute Gasteiger partial charge is 0.756 e. The van der Waals surface area contributed by atoms with Crippen LogP contribution in [0, 0.1) is 0 Å². The molecule has 0 aliphatic carbocycles. The molecule has 0 aromatic heterocycles. The number of quaternary nitrogens is 1. The second-order valence-corrected chi connectivity index (χ2v) is 21.7. The Bertz CT molecular complexity index is 978. The Morgan fingerprint density at radius 3 is 1.10 bits per heavy atom. The van der Waals surface area contributed by atoms with Crippen LogP contribution in [0.1, 0.15) is 284 Å². The third kappa shape index (κ3) is 47.5. The standard InChI is InChI=1S/C53H109N2O6P/c1-6-8-10-12-13-14-15-16-17-18-19-20-21-22-23-24-25-26-27-28-29-30-31-32-33-34-35-36-37-38-39-40-41-42-43-45-47-53(57)54-51(52(56)46-44-11-9-7-2)50-61-62(58,59)60-49-48-55(3,4)5/h51-52,56H,6-50H2,1-5H3,(H-,54,57,58,59). The minimum Gasteiger partial charge on any atom is -0.756 e. The SMILES string of the molecule is CCCCCCCCCCCCCCCCCCCCCCCCCCCCCCCCCCCCCCC(=O)NC(COP(=O)([O-])OCC[N+](C)(C)C)C(O)CCCCCC. The third-order valence-corrected chi connectivity index (χ3v) is 13.8. The van der Waals surface area contributed by atoms with Gasteiger partial charge in [0.05, 0.1) is 39.9 Å². The molecule has 0 saturated heterocycles. The first-order valence-electron chi connectivity index (χ1n) is 27.4. The maximum absolute atomic E-state index is 12.8. The summed E-state index contributed by atoms with van der Waals surface area (Å²) < 4.78 is 23.1. The Hall–Kier alpha value is -0.500. The van der Waals surface area contributed by atoms with Crippen molar-refractivity contribution in [3.63, 3.8) is 0 Å². The van der Waals surface area contributed by atoms with Gasteiger partial charge in [0, 0.05) is 6.42 Å². The van der Waals surface area contributed by atoms with Crippen LogP contribution in [-0.2, 0) is 18.4 Å². The zero-order valence-electron chi connectivity index (χ0n) is 42.4. The Morgan fingerprint density at radius 1 is 0.500 bits per heavy atom. The molecular formula is C53H109N2O6P. The van der Waals surface area contributed by atoms with E-state index in [1.54, 1.807) is 0 Å². The number of unbranched alkanes of at least 4 members (excludes halogenated alkanes) is 38. The number of nitrogens with zero attached hydrogens (tertiary/aromatic N) is 1. The van der Waals surface area contributed by atoms with Crippen molar-refractivity contribution in [3.05, 3.63) is 0 Å². The molecular weight excluding hydrogens is 792 g/mol. The van der Waals surface area contributed by atoms with E-state index < -0.39 is 20.0 Å². The van der Waals surface area contributed by atoms with Gasteiger partial charge in [0.15, 0.2) is 0 Å². The van der Waals surface area contributed by atoms with Crippen molar-refractivity contribution in [2.45, 2.75) is 296 Å². The van der Waals surface area contributed by atoms with E-state index in [0.29, 0.717) is 23.9 Å². The van der Waals surface area contributed by atoms with Crippen LogP contribution >= 0.6 is 7.82 Å². The van der Waals surface area contributed by atoms with Crippen LogP contribution in [0.5, 0.6) is 0 Å². The summed E-state index contributed by atoms with van der Waals surface area (Å²) in [6.07, 6.45) is 53.8. The lowest BCUT2D eigenvalue weighted by Gasteiger charge is -2.30. The van der Waals surface area contributed by atoms with Gasteiger partial charge >= 0.3 is 0 Å². The Balaban J connectivity index is 3.62. The molecule has 0 aliphatic heterocycles. The second kappa shape index (κ2) is 45.6. The van der Waals surface area contributed by atoms with Crippen molar-refractivity contribution < 1.29 is 32.9 Å². The molecule has 2 N–H and O–H groups in total. The molecule has 0 aliphatic rings. The molecule has 0 aromatic carbocycles. The number of aliphatic hydroxyl groups is 1. The summed E-state index contributed by atoms with van der Waals surface area (Å²) in [4.78, 5) is 25.1. The lowest BCUT2D eigenvalue weighted by Crippen LogP contribution is -2.46. The van der Waals surface area contributed by atoms with Gasteiger partial charge in [0.25, 0.3) is 7.82 Å². The zero-order valence-corrected chi connectivity index (χ0v) is 43.3. The summed E-state index contributed by atoms with van der Waals surface area (Å²) in [6, 6.07) is -0.790. The average molecular weight is 901 g/mol. The van der Waals surface area contributed by atoms with Crippen LogP contribution < -0.4 is 10.2 Å². The molecule has 3 atom stereocenters. The van der Waals surface area contributed by atoms with Crippen LogP contribution in [-0.4, -0.2) is 68.5 Å². The van der Waals surface area contributed by atoms with Gasteiger partial charge in [-0.15, -0.1) is 0 Å². The average Bonchev–Trinajstić information content (AvgIpc) is 3.23. The summed E-state index contributed by atoms with van der Waals surface area (Å²) in [5, 5.41) is 13.7. The van der Waals surface area contributed by atoms with Gasteiger partial charge < -0.3 is 28.8 Å². The highest BCUT2D eigenvalue weighted by molar-refractivity contribution is 7.45. The molecule has 0 aromatic rings. The molecule has 62 heavy (non-hydrogen) atoms. The molecule has 0 rings (SSSR count). The van der Waals surface area contributed by atoms with Crippen molar-refractivity contribution in [1.29, 1.82) is 0 Å². The van der Waals surface area contributed by atoms with Crippen LogP contribution in [0.4, 0.5) is 0 Å². The molecule has 0 saturated carbocycles. The Morgan fingerprint density at radius 2 is 0.790 bits per heavy atom. The van der Waals surface area contributed by atoms with Crippen molar-refractivity contribution in [1.82, 2.24) is 5.32 Å². The van der Waals surface area contributed by atoms with Gasteiger partial charge in [0.1, 0.15) is 13.2 Å². The maximum atomic E-state index is 12.8.